The Kier molecular flexibility index (Phi) is 5.03. The standard InChI is InChI=1S/C17H14Cl2N2O3S/c1-12(24-17-8-7-13(18)11-15(17)19)16-9-10-20-21(16)25(22,23)14-5-3-2-4-6-14/h2-12H,1H3/t12-/m0/s1. The molecular formula is C17H14Cl2N2O3S. The smallest absolute Gasteiger partial charge is 0.283 e. The van der Waals surface area contributed by atoms with Crippen molar-refractivity contribution >= 4 is 33.2 Å². The first-order valence-electron chi connectivity index (χ1n) is 7.36. The van der Waals surface area contributed by atoms with Gasteiger partial charge >= 0.3 is 0 Å². The van der Waals surface area contributed by atoms with Crippen molar-refractivity contribution < 1.29 is 13.2 Å². The van der Waals surface area contributed by atoms with Gasteiger partial charge in [-0.2, -0.15) is 17.6 Å². The van der Waals surface area contributed by atoms with Crippen LogP contribution in [0.3, 0.4) is 0 Å². The fourth-order valence-corrected chi connectivity index (χ4v) is 4.13. The van der Waals surface area contributed by atoms with Crippen LogP contribution in [-0.4, -0.2) is 17.6 Å². The van der Waals surface area contributed by atoms with Crippen LogP contribution < -0.4 is 4.74 Å². The highest BCUT2D eigenvalue weighted by Crippen LogP contribution is 2.31. The highest BCUT2D eigenvalue weighted by molar-refractivity contribution is 7.89. The molecule has 0 fully saturated rings. The normalized spacial score (nSPS) is 12.8. The van der Waals surface area contributed by atoms with Gasteiger partial charge in [-0.1, -0.05) is 41.4 Å². The van der Waals surface area contributed by atoms with Gasteiger partial charge in [0.25, 0.3) is 10.0 Å². The predicted octanol–water partition coefficient (Wildman–Crippen LogP) is 4.57. The molecule has 0 saturated carbocycles. The molecule has 1 atom stereocenters. The molecule has 3 aromatic rings. The topological polar surface area (TPSA) is 61.2 Å². The number of aromatic nitrogens is 2. The summed E-state index contributed by atoms with van der Waals surface area (Å²) in [6.45, 7) is 1.72. The van der Waals surface area contributed by atoms with Gasteiger partial charge in [-0.15, -0.1) is 0 Å². The molecule has 1 heterocycles. The molecule has 3 rings (SSSR count). The van der Waals surface area contributed by atoms with E-state index in [2.05, 4.69) is 5.10 Å². The molecule has 2 aromatic carbocycles. The minimum Gasteiger partial charge on any atom is -0.483 e. The summed E-state index contributed by atoms with van der Waals surface area (Å²) in [5.41, 5.74) is 0.384. The lowest BCUT2D eigenvalue weighted by molar-refractivity contribution is 0.220. The molecule has 8 heteroatoms. The van der Waals surface area contributed by atoms with Crippen LogP contribution >= 0.6 is 23.2 Å². The van der Waals surface area contributed by atoms with E-state index >= 15 is 0 Å². The molecule has 0 spiro atoms. The van der Waals surface area contributed by atoms with E-state index in [9.17, 15) is 8.42 Å². The Morgan fingerprint density at radius 3 is 2.48 bits per heavy atom. The molecule has 0 saturated heterocycles. The van der Waals surface area contributed by atoms with Gasteiger partial charge in [0.1, 0.15) is 11.9 Å². The van der Waals surface area contributed by atoms with Crippen LogP contribution in [0, 0.1) is 0 Å². The third kappa shape index (κ3) is 3.66. The summed E-state index contributed by atoms with van der Waals surface area (Å²) >= 11 is 12.0. The van der Waals surface area contributed by atoms with Gasteiger partial charge in [-0.25, -0.2) is 0 Å². The van der Waals surface area contributed by atoms with Gasteiger partial charge in [0, 0.05) is 5.02 Å². The van der Waals surface area contributed by atoms with Crippen molar-refractivity contribution in [1.29, 1.82) is 0 Å². The second kappa shape index (κ2) is 7.07. The Morgan fingerprint density at radius 2 is 1.80 bits per heavy atom. The number of rotatable bonds is 5. The van der Waals surface area contributed by atoms with E-state index in [1.165, 1.54) is 18.3 Å². The minimum atomic E-state index is -3.81. The van der Waals surface area contributed by atoms with Crippen molar-refractivity contribution in [3.63, 3.8) is 0 Å². The van der Waals surface area contributed by atoms with Gasteiger partial charge in [-0.05, 0) is 43.3 Å². The Morgan fingerprint density at radius 1 is 1.08 bits per heavy atom. The fourth-order valence-electron chi connectivity index (χ4n) is 2.31. The van der Waals surface area contributed by atoms with E-state index in [1.54, 1.807) is 49.4 Å². The summed E-state index contributed by atoms with van der Waals surface area (Å²) in [6, 6.07) is 14.5. The van der Waals surface area contributed by atoms with Crippen LogP contribution in [0.2, 0.25) is 10.0 Å². The Balaban J connectivity index is 1.94. The Hall–Kier alpha value is -2.02. The number of nitrogens with zero attached hydrogens (tertiary/aromatic N) is 2. The first kappa shape index (κ1) is 17.8. The minimum absolute atomic E-state index is 0.150. The molecule has 1 aromatic heterocycles. The molecule has 0 aliphatic rings. The summed E-state index contributed by atoms with van der Waals surface area (Å²) in [5.74, 6) is 0.406. The molecule has 0 amide bonds. The van der Waals surface area contributed by atoms with Crippen LogP contribution in [0.1, 0.15) is 18.7 Å². The Bertz CT molecular complexity index is 988. The number of halogens is 2. The summed E-state index contributed by atoms with van der Waals surface area (Å²) in [5, 5.41) is 4.79. The molecule has 0 aliphatic heterocycles. The monoisotopic (exact) mass is 396 g/mol. The molecule has 0 bridgehead atoms. The van der Waals surface area contributed by atoms with Crippen molar-refractivity contribution in [2.75, 3.05) is 0 Å². The second-order valence-corrected chi connectivity index (χ2v) is 7.86. The third-order valence-electron chi connectivity index (χ3n) is 3.52. The van der Waals surface area contributed by atoms with Crippen LogP contribution in [0.4, 0.5) is 0 Å². The maximum Gasteiger partial charge on any atom is 0.283 e. The number of hydrogen-bond donors (Lipinski definition) is 0. The quantitative estimate of drug-likeness (QED) is 0.633. The van der Waals surface area contributed by atoms with Gasteiger partial charge in [0.2, 0.25) is 0 Å². The molecular weight excluding hydrogens is 383 g/mol. The summed E-state index contributed by atoms with van der Waals surface area (Å²) < 4.78 is 32.3. The predicted molar refractivity (Wildman–Crippen MR) is 96.8 cm³/mol. The zero-order chi connectivity index (χ0) is 18.0. The molecule has 0 radical (unpaired) electrons. The van der Waals surface area contributed by atoms with Crippen molar-refractivity contribution in [2.45, 2.75) is 17.9 Å². The number of ether oxygens (including phenoxy) is 1. The first-order chi connectivity index (χ1) is 11.9. The number of benzene rings is 2. The summed E-state index contributed by atoms with van der Waals surface area (Å²) in [4.78, 5) is 0.150. The first-order valence-corrected chi connectivity index (χ1v) is 9.55. The lowest BCUT2D eigenvalue weighted by Gasteiger charge is -2.17. The fraction of sp³-hybridized carbons (Fsp3) is 0.118. The molecule has 25 heavy (non-hydrogen) atoms. The average molecular weight is 397 g/mol. The van der Waals surface area contributed by atoms with Crippen molar-refractivity contribution in [3.8, 4) is 5.75 Å². The zero-order valence-corrected chi connectivity index (χ0v) is 15.5. The average Bonchev–Trinajstić information content (AvgIpc) is 3.09. The highest BCUT2D eigenvalue weighted by Gasteiger charge is 2.24. The van der Waals surface area contributed by atoms with E-state index in [0.717, 1.165) is 4.09 Å². The van der Waals surface area contributed by atoms with E-state index in [1.807, 2.05) is 0 Å². The van der Waals surface area contributed by atoms with E-state index in [0.29, 0.717) is 21.5 Å². The van der Waals surface area contributed by atoms with Crippen molar-refractivity contribution in [1.82, 2.24) is 9.19 Å². The zero-order valence-electron chi connectivity index (χ0n) is 13.1. The van der Waals surface area contributed by atoms with Crippen LogP contribution in [0.25, 0.3) is 0 Å². The van der Waals surface area contributed by atoms with E-state index < -0.39 is 16.1 Å². The van der Waals surface area contributed by atoms with Crippen LogP contribution in [0.15, 0.2) is 65.7 Å². The third-order valence-corrected chi connectivity index (χ3v) is 5.68. The maximum atomic E-state index is 12.8. The van der Waals surface area contributed by atoms with Gasteiger partial charge in [-0.3, -0.25) is 0 Å². The highest BCUT2D eigenvalue weighted by atomic mass is 35.5. The van der Waals surface area contributed by atoms with Gasteiger partial charge in [0.15, 0.2) is 0 Å². The molecule has 0 N–H and O–H groups in total. The van der Waals surface area contributed by atoms with E-state index in [-0.39, 0.29) is 4.90 Å². The Labute approximate surface area is 155 Å². The van der Waals surface area contributed by atoms with Crippen molar-refractivity contribution in [3.05, 3.63) is 76.5 Å². The molecule has 5 nitrogen and oxygen atoms in total. The maximum absolute atomic E-state index is 12.8. The van der Waals surface area contributed by atoms with Gasteiger partial charge < -0.3 is 4.74 Å². The van der Waals surface area contributed by atoms with Crippen molar-refractivity contribution in [2.24, 2.45) is 0 Å². The van der Waals surface area contributed by atoms with Crippen LogP contribution in [-0.2, 0) is 10.0 Å². The SMILES string of the molecule is C[C@H](Oc1ccc(Cl)cc1Cl)c1ccnn1S(=O)(=O)c1ccccc1. The summed E-state index contributed by atoms with van der Waals surface area (Å²) in [7, 11) is -3.81. The largest absolute Gasteiger partial charge is 0.483 e. The molecule has 0 aliphatic carbocycles. The summed E-state index contributed by atoms with van der Waals surface area (Å²) in [6.07, 6.45) is 0.818. The second-order valence-electron chi connectivity index (χ2n) is 5.25. The molecule has 0 unspecified atom stereocenters. The lowest BCUT2D eigenvalue weighted by Crippen LogP contribution is -2.20. The number of hydrogen-bond acceptors (Lipinski definition) is 4. The van der Waals surface area contributed by atoms with Crippen LogP contribution in [0.5, 0.6) is 5.75 Å². The molecule has 130 valence electrons. The van der Waals surface area contributed by atoms with Gasteiger partial charge in [0.05, 0.1) is 21.8 Å². The van der Waals surface area contributed by atoms with E-state index in [4.69, 9.17) is 27.9 Å². The lowest BCUT2D eigenvalue weighted by atomic mass is 10.3.